The number of esters is 1. The molecule has 0 aromatic heterocycles. The number of cyclic esters (lactones) is 1. The molecule has 0 radical (unpaired) electrons. The van der Waals surface area contributed by atoms with Crippen molar-refractivity contribution in [2.45, 2.75) is 6.61 Å². The van der Waals surface area contributed by atoms with Gasteiger partial charge in [-0.05, 0) is 73.3 Å². The minimum absolute atomic E-state index is 0.251. The third-order valence-corrected chi connectivity index (χ3v) is 5.37. The van der Waals surface area contributed by atoms with Crippen LogP contribution in [-0.2, 0) is 16.1 Å². The Morgan fingerprint density at radius 3 is 2.21 bits per heavy atom. The first-order chi connectivity index (χ1) is 14.1. The molecule has 1 aliphatic heterocycles. The second kappa shape index (κ2) is 8.76. The minimum Gasteiger partial charge on any atom is -0.487 e. The van der Waals surface area contributed by atoms with E-state index in [0.29, 0.717) is 18.3 Å². The Kier molecular flexibility index (Phi) is 5.92. The molecule has 144 valence electrons. The lowest BCUT2D eigenvalue weighted by molar-refractivity contribution is -0.129. The number of aliphatic imine (C=N–C) groups is 1. The second-order valence-corrected chi connectivity index (χ2v) is 8.00. The molecular formula is C23H15Br2NO3. The summed E-state index contributed by atoms with van der Waals surface area (Å²) in [7, 11) is 0. The summed E-state index contributed by atoms with van der Waals surface area (Å²) in [5.74, 6) is 0.529. The van der Waals surface area contributed by atoms with Gasteiger partial charge in [0.2, 0.25) is 5.90 Å². The Labute approximate surface area is 185 Å². The Morgan fingerprint density at radius 2 is 1.55 bits per heavy atom. The number of hydrogen-bond donors (Lipinski definition) is 0. The zero-order valence-corrected chi connectivity index (χ0v) is 18.3. The van der Waals surface area contributed by atoms with Crippen LogP contribution < -0.4 is 4.74 Å². The minimum atomic E-state index is -0.472. The van der Waals surface area contributed by atoms with Crippen LogP contribution in [0.1, 0.15) is 16.7 Å². The van der Waals surface area contributed by atoms with Crippen LogP contribution in [-0.4, -0.2) is 11.9 Å². The lowest BCUT2D eigenvalue weighted by atomic mass is 10.2. The molecule has 4 nitrogen and oxygen atoms in total. The quantitative estimate of drug-likeness (QED) is 0.305. The van der Waals surface area contributed by atoms with Crippen molar-refractivity contribution in [3.8, 4) is 5.75 Å². The normalized spacial score (nSPS) is 14.6. The summed E-state index contributed by atoms with van der Waals surface area (Å²) >= 11 is 7.10. The first kappa shape index (κ1) is 19.6. The number of halogens is 2. The fourth-order valence-corrected chi connectivity index (χ4v) is 4.25. The van der Waals surface area contributed by atoms with Crippen LogP contribution in [0.5, 0.6) is 5.75 Å². The molecule has 0 fully saturated rings. The number of carbonyl (C=O) groups is 1. The fraction of sp³-hybridized carbons (Fsp3) is 0.0435. The number of carbonyl (C=O) groups excluding carboxylic acids is 1. The van der Waals surface area contributed by atoms with Gasteiger partial charge in [0.15, 0.2) is 5.70 Å². The lowest BCUT2D eigenvalue weighted by Gasteiger charge is -2.11. The lowest BCUT2D eigenvalue weighted by Crippen LogP contribution is -2.04. The number of rotatable bonds is 5. The molecule has 29 heavy (non-hydrogen) atoms. The number of benzene rings is 3. The third-order valence-electron chi connectivity index (χ3n) is 4.19. The molecule has 1 heterocycles. The van der Waals surface area contributed by atoms with Gasteiger partial charge in [-0.3, -0.25) is 0 Å². The van der Waals surface area contributed by atoms with Gasteiger partial charge in [0, 0.05) is 5.56 Å². The van der Waals surface area contributed by atoms with Gasteiger partial charge in [-0.25, -0.2) is 9.79 Å². The molecule has 6 heteroatoms. The summed E-state index contributed by atoms with van der Waals surface area (Å²) in [6, 6.07) is 23.0. The molecule has 3 aromatic rings. The molecule has 0 bridgehead atoms. The van der Waals surface area contributed by atoms with Crippen molar-refractivity contribution in [3.05, 3.63) is 104 Å². The van der Waals surface area contributed by atoms with Crippen molar-refractivity contribution >= 4 is 49.8 Å². The van der Waals surface area contributed by atoms with Crippen LogP contribution >= 0.6 is 31.9 Å². The second-order valence-electron chi connectivity index (χ2n) is 6.29. The molecule has 0 atom stereocenters. The Morgan fingerprint density at radius 1 is 0.931 bits per heavy atom. The Balaban J connectivity index is 1.56. The van der Waals surface area contributed by atoms with Crippen LogP contribution in [0.3, 0.4) is 0 Å². The molecule has 0 unspecified atom stereocenters. The predicted molar refractivity (Wildman–Crippen MR) is 120 cm³/mol. The molecule has 1 aliphatic rings. The summed E-state index contributed by atoms with van der Waals surface area (Å²) in [5, 5.41) is 0. The van der Waals surface area contributed by atoms with Crippen molar-refractivity contribution in [1.29, 1.82) is 0 Å². The van der Waals surface area contributed by atoms with E-state index in [1.807, 2.05) is 72.8 Å². The topological polar surface area (TPSA) is 47.9 Å². The highest BCUT2D eigenvalue weighted by molar-refractivity contribution is 9.11. The summed E-state index contributed by atoms with van der Waals surface area (Å²) < 4.78 is 12.8. The zero-order chi connectivity index (χ0) is 20.2. The van der Waals surface area contributed by atoms with Crippen molar-refractivity contribution in [1.82, 2.24) is 0 Å². The van der Waals surface area contributed by atoms with Gasteiger partial charge >= 0.3 is 5.97 Å². The molecule has 4 rings (SSSR count). The summed E-state index contributed by atoms with van der Waals surface area (Å²) in [4.78, 5) is 16.5. The number of nitrogens with zero attached hydrogens (tertiary/aromatic N) is 1. The van der Waals surface area contributed by atoms with Crippen LogP contribution in [0.25, 0.3) is 6.08 Å². The molecule has 0 aliphatic carbocycles. The standard InChI is InChI=1S/C23H15Br2NO3/c24-18-11-16(12-19(25)21(18)28-14-15-7-3-1-4-8-15)13-20-23(27)29-22(26-20)17-9-5-2-6-10-17/h1-13H,14H2/b20-13-. The van der Waals surface area contributed by atoms with E-state index in [9.17, 15) is 4.79 Å². The van der Waals surface area contributed by atoms with E-state index in [2.05, 4.69) is 36.9 Å². The first-order valence-corrected chi connectivity index (χ1v) is 10.4. The van der Waals surface area contributed by atoms with Crippen LogP contribution in [0, 0.1) is 0 Å². The first-order valence-electron chi connectivity index (χ1n) is 8.84. The number of ether oxygens (including phenoxy) is 2. The van der Waals surface area contributed by atoms with E-state index in [-0.39, 0.29) is 5.70 Å². The van der Waals surface area contributed by atoms with Gasteiger partial charge in [-0.15, -0.1) is 0 Å². The molecular weight excluding hydrogens is 498 g/mol. The highest BCUT2D eigenvalue weighted by Gasteiger charge is 2.24. The predicted octanol–water partition coefficient (Wildman–Crippen LogP) is 6.14. The van der Waals surface area contributed by atoms with E-state index in [1.165, 1.54) is 0 Å². The van der Waals surface area contributed by atoms with Gasteiger partial charge in [0.1, 0.15) is 12.4 Å². The monoisotopic (exact) mass is 511 g/mol. The van der Waals surface area contributed by atoms with Crippen molar-refractivity contribution in [3.63, 3.8) is 0 Å². The molecule has 0 saturated carbocycles. The smallest absolute Gasteiger partial charge is 0.363 e. The van der Waals surface area contributed by atoms with Gasteiger partial charge in [0.05, 0.1) is 8.95 Å². The van der Waals surface area contributed by atoms with E-state index in [0.717, 1.165) is 25.6 Å². The van der Waals surface area contributed by atoms with Crippen LogP contribution in [0.15, 0.2) is 92.4 Å². The fourth-order valence-electron chi connectivity index (χ4n) is 2.80. The molecule has 0 spiro atoms. The molecule has 0 N–H and O–H groups in total. The Hall–Kier alpha value is -2.70. The van der Waals surface area contributed by atoms with Gasteiger partial charge in [-0.2, -0.15) is 0 Å². The largest absolute Gasteiger partial charge is 0.487 e. The van der Waals surface area contributed by atoms with E-state index < -0.39 is 5.97 Å². The van der Waals surface area contributed by atoms with Crippen LogP contribution in [0.2, 0.25) is 0 Å². The average molecular weight is 513 g/mol. The Bertz CT molecular complexity index is 1090. The van der Waals surface area contributed by atoms with Gasteiger partial charge in [-0.1, -0.05) is 48.5 Å². The number of hydrogen-bond acceptors (Lipinski definition) is 4. The van der Waals surface area contributed by atoms with Gasteiger partial charge < -0.3 is 9.47 Å². The maximum atomic E-state index is 12.2. The highest BCUT2D eigenvalue weighted by Crippen LogP contribution is 2.36. The SMILES string of the molecule is O=C1OC(c2ccccc2)=N/C1=C\c1cc(Br)c(OCc2ccccc2)c(Br)c1. The molecule has 3 aromatic carbocycles. The maximum Gasteiger partial charge on any atom is 0.363 e. The van der Waals surface area contributed by atoms with E-state index in [4.69, 9.17) is 9.47 Å². The van der Waals surface area contributed by atoms with Crippen molar-refractivity contribution < 1.29 is 14.3 Å². The van der Waals surface area contributed by atoms with E-state index >= 15 is 0 Å². The molecule has 0 amide bonds. The third kappa shape index (κ3) is 4.66. The van der Waals surface area contributed by atoms with Crippen molar-refractivity contribution in [2.75, 3.05) is 0 Å². The summed E-state index contributed by atoms with van der Waals surface area (Å²) in [6.45, 7) is 0.454. The van der Waals surface area contributed by atoms with Gasteiger partial charge in [0.25, 0.3) is 0 Å². The van der Waals surface area contributed by atoms with Crippen molar-refractivity contribution in [2.24, 2.45) is 4.99 Å². The zero-order valence-electron chi connectivity index (χ0n) is 15.1. The average Bonchev–Trinajstić information content (AvgIpc) is 3.09. The van der Waals surface area contributed by atoms with E-state index in [1.54, 1.807) is 6.08 Å². The highest BCUT2D eigenvalue weighted by atomic mass is 79.9. The maximum absolute atomic E-state index is 12.2. The van der Waals surface area contributed by atoms with Crippen LogP contribution in [0.4, 0.5) is 0 Å². The molecule has 0 saturated heterocycles. The summed E-state index contributed by atoms with van der Waals surface area (Å²) in [6.07, 6.45) is 1.69. The summed E-state index contributed by atoms with van der Waals surface area (Å²) in [5.41, 5.74) is 2.88.